The first-order valence-electron chi connectivity index (χ1n) is 8.80. The van der Waals surface area contributed by atoms with Gasteiger partial charge in [0.25, 0.3) is 0 Å². The minimum atomic E-state index is -0.0483. The number of aromatic hydroxyl groups is 1. The van der Waals surface area contributed by atoms with E-state index in [0.717, 1.165) is 11.1 Å². The van der Waals surface area contributed by atoms with Gasteiger partial charge in [-0.3, -0.25) is 4.79 Å². The molecule has 0 heterocycles. The van der Waals surface area contributed by atoms with Crippen molar-refractivity contribution in [3.05, 3.63) is 89.5 Å². The molecule has 0 amide bonds. The highest BCUT2D eigenvalue weighted by Crippen LogP contribution is 2.35. The predicted molar refractivity (Wildman–Crippen MR) is 104 cm³/mol. The van der Waals surface area contributed by atoms with Gasteiger partial charge in [-0.25, -0.2) is 0 Å². The second-order valence-electron chi connectivity index (χ2n) is 6.35. The van der Waals surface area contributed by atoms with E-state index in [-0.39, 0.29) is 18.0 Å². The zero-order valence-electron chi connectivity index (χ0n) is 15.2. The van der Waals surface area contributed by atoms with Crippen LogP contribution in [-0.2, 0) is 24.4 Å². The van der Waals surface area contributed by atoms with Crippen molar-refractivity contribution in [2.45, 2.75) is 26.6 Å². The second-order valence-corrected chi connectivity index (χ2v) is 6.35. The fourth-order valence-corrected chi connectivity index (χ4v) is 2.72. The summed E-state index contributed by atoms with van der Waals surface area (Å²) in [7, 11) is 0. The molecule has 0 saturated carbocycles. The van der Waals surface area contributed by atoms with E-state index in [1.807, 2.05) is 60.7 Å². The van der Waals surface area contributed by atoms with Gasteiger partial charge >= 0.3 is 0 Å². The number of carbonyl (C=O) groups is 1. The van der Waals surface area contributed by atoms with Crippen molar-refractivity contribution in [3.8, 4) is 17.2 Å². The largest absolute Gasteiger partial charge is 0.507 e. The Morgan fingerprint density at radius 1 is 0.852 bits per heavy atom. The average Bonchev–Trinajstić information content (AvgIpc) is 2.68. The molecule has 4 nitrogen and oxygen atoms in total. The SMILES string of the molecule is CC(=O)Cc1c(O)cc(OCc2ccccc2)cc1OCc1ccccc1. The molecule has 3 rings (SSSR count). The van der Waals surface area contributed by atoms with E-state index >= 15 is 0 Å². The molecule has 1 N–H and O–H groups in total. The Hall–Kier alpha value is -3.27. The molecule has 0 spiro atoms. The molecule has 0 aliphatic rings. The van der Waals surface area contributed by atoms with Gasteiger partial charge in [0.1, 0.15) is 36.2 Å². The molecule has 0 radical (unpaired) electrons. The Bertz CT molecular complexity index is 889. The average molecular weight is 362 g/mol. The number of rotatable bonds is 8. The normalized spacial score (nSPS) is 10.4. The molecule has 3 aromatic rings. The van der Waals surface area contributed by atoms with Gasteiger partial charge in [-0.1, -0.05) is 60.7 Å². The lowest BCUT2D eigenvalue weighted by atomic mass is 10.1. The van der Waals surface area contributed by atoms with Crippen LogP contribution in [0.15, 0.2) is 72.8 Å². The molecule has 0 atom stereocenters. The maximum Gasteiger partial charge on any atom is 0.134 e. The van der Waals surface area contributed by atoms with Crippen LogP contribution in [-0.4, -0.2) is 10.9 Å². The van der Waals surface area contributed by atoms with E-state index < -0.39 is 0 Å². The monoisotopic (exact) mass is 362 g/mol. The standard InChI is InChI=1S/C23H22O4/c1-17(24)12-21-22(25)13-20(26-15-18-8-4-2-5-9-18)14-23(21)27-16-19-10-6-3-7-11-19/h2-11,13-14,25H,12,15-16H2,1H3. The first kappa shape index (κ1) is 18.5. The van der Waals surface area contributed by atoms with Crippen LogP contribution in [0, 0.1) is 0 Å². The van der Waals surface area contributed by atoms with Gasteiger partial charge in [0.2, 0.25) is 0 Å². The third kappa shape index (κ3) is 5.35. The summed E-state index contributed by atoms with van der Waals surface area (Å²) in [5, 5.41) is 10.4. The zero-order chi connectivity index (χ0) is 19.1. The molecule has 0 saturated heterocycles. The lowest BCUT2D eigenvalue weighted by Gasteiger charge is -2.15. The fourth-order valence-electron chi connectivity index (χ4n) is 2.72. The minimum Gasteiger partial charge on any atom is -0.507 e. The Morgan fingerprint density at radius 2 is 1.41 bits per heavy atom. The molecular formula is C23H22O4. The third-order valence-corrected chi connectivity index (χ3v) is 4.07. The molecular weight excluding hydrogens is 340 g/mol. The quantitative estimate of drug-likeness (QED) is 0.632. The van der Waals surface area contributed by atoms with E-state index in [2.05, 4.69) is 0 Å². The summed E-state index contributed by atoms with van der Waals surface area (Å²) in [6.07, 6.45) is 0.106. The minimum absolute atomic E-state index is 0.00109. The van der Waals surface area contributed by atoms with Crippen molar-refractivity contribution in [2.24, 2.45) is 0 Å². The Morgan fingerprint density at radius 3 is 1.96 bits per heavy atom. The van der Waals surface area contributed by atoms with Crippen LogP contribution >= 0.6 is 0 Å². The van der Waals surface area contributed by atoms with Crippen molar-refractivity contribution in [2.75, 3.05) is 0 Å². The number of benzene rings is 3. The van der Waals surface area contributed by atoms with Gasteiger partial charge in [-0.2, -0.15) is 0 Å². The van der Waals surface area contributed by atoms with Crippen LogP contribution in [0.5, 0.6) is 17.2 Å². The predicted octanol–water partition coefficient (Wildman–Crippen LogP) is 4.68. The van der Waals surface area contributed by atoms with Gasteiger partial charge in [0, 0.05) is 24.1 Å². The summed E-state index contributed by atoms with van der Waals surface area (Å²) in [6.45, 7) is 2.21. The molecule has 3 aromatic carbocycles. The number of Topliss-reactive ketones (excluding diaryl/α,β-unsaturated/α-hetero) is 1. The lowest BCUT2D eigenvalue weighted by Crippen LogP contribution is -2.04. The maximum atomic E-state index is 11.6. The Balaban J connectivity index is 1.80. The van der Waals surface area contributed by atoms with Gasteiger partial charge in [0.15, 0.2) is 0 Å². The van der Waals surface area contributed by atoms with Gasteiger partial charge in [-0.15, -0.1) is 0 Å². The molecule has 138 valence electrons. The lowest BCUT2D eigenvalue weighted by molar-refractivity contribution is -0.116. The summed E-state index contributed by atoms with van der Waals surface area (Å²) in [4.78, 5) is 11.6. The Labute approximate surface area is 159 Å². The molecule has 0 aliphatic heterocycles. The second kappa shape index (κ2) is 8.90. The Kier molecular flexibility index (Phi) is 6.10. The first-order chi connectivity index (χ1) is 13.1. The van der Waals surface area contributed by atoms with Crippen LogP contribution in [0.25, 0.3) is 0 Å². The number of phenolic OH excluding ortho intramolecular Hbond substituents is 1. The van der Waals surface area contributed by atoms with E-state index in [1.165, 1.54) is 13.0 Å². The topological polar surface area (TPSA) is 55.8 Å². The van der Waals surface area contributed by atoms with Crippen LogP contribution in [0.1, 0.15) is 23.6 Å². The molecule has 0 aliphatic carbocycles. The number of carbonyl (C=O) groups excluding carboxylic acids is 1. The number of hydrogen-bond acceptors (Lipinski definition) is 4. The van der Waals surface area contributed by atoms with Crippen molar-refractivity contribution in [1.29, 1.82) is 0 Å². The van der Waals surface area contributed by atoms with Crippen LogP contribution in [0.4, 0.5) is 0 Å². The van der Waals surface area contributed by atoms with Crippen LogP contribution in [0.2, 0.25) is 0 Å². The van der Waals surface area contributed by atoms with Crippen LogP contribution < -0.4 is 9.47 Å². The summed E-state index contributed by atoms with van der Waals surface area (Å²) >= 11 is 0. The third-order valence-electron chi connectivity index (χ3n) is 4.07. The molecule has 4 heteroatoms. The summed E-state index contributed by atoms with van der Waals surface area (Å²) < 4.78 is 11.7. The van der Waals surface area contributed by atoms with Crippen molar-refractivity contribution >= 4 is 5.78 Å². The maximum absolute atomic E-state index is 11.6. The molecule has 0 aromatic heterocycles. The summed E-state index contributed by atoms with van der Waals surface area (Å²) in [5.74, 6) is 0.899. The summed E-state index contributed by atoms with van der Waals surface area (Å²) in [5.41, 5.74) is 2.50. The highest BCUT2D eigenvalue weighted by atomic mass is 16.5. The zero-order valence-corrected chi connectivity index (χ0v) is 15.2. The van der Waals surface area contributed by atoms with Crippen molar-refractivity contribution < 1.29 is 19.4 Å². The highest BCUT2D eigenvalue weighted by molar-refractivity contribution is 5.80. The van der Waals surface area contributed by atoms with Crippen molar-refractivity contribution in [1.82, 2.24) is 0 Å². The number of phenols is 1. The van der Waals surface area contributed by atoms with Crippen LogP contribution in [0.3, 0.4) is 0 Å². The van der Waals surface area contributed by atoms with Gasteiger partial charge in [-0.05, 0) is 18.1 Å². The van der Waals surface area contributed by atoms with Crippen molar-refractivity contribution in [3.63, 3.8) is 0 Å². The first-order valence-corrected chi connectivity index (χ1v) is 8.80. The molecule has 0 bridgehead atoms. The smallest absolute Gasteiger partial charge is 0.134 e. The number of hydrogen-bond donors (Lipinski definition) is 1. The fraction of sp³-hybridized carbons (Fsp3) is 0.174. The van der Waals surface area contributed by atoms with E-state index in [1.54, 1.807) is 6.07 Å². The number of ether oxygens (including phenoxy) is 2. The summed E-state index contributed by atoms with van der Waals surface area (Å²) in [6, 6.07) is 22.8. The van der Waals surface area contributed by atoms with E-state index in [0.29, 0.717) is 30.3 Å². The molecule has 0 unspecified atom stereocenters. The number of ketones is 1. The molecule has 0 fully saturated rings. The van der Waals surface area contributed by atoms with E-state index in [4.69, 9.17) is 9.47 Å². The van der Waals surface area contributed by atoms with Gasteiger partial charge < -0.3 is 14.6 Å². The van der Waals surface area contributed by atoms with Gasteiger partial charge in [0.05, 0.1) is 0 Å². The van der Waals surface area contributed by atoms with E-state index in [9.17, 15) is 9.90 Å². The highest BCUT2D eigenvalue weighted by Gasteiger charge is 2.15. The molecule has 27 heavy (non-hydrogen) atoms.